The second-order valence-electron chi connectivity index (χ2n) is 19.7. The summed E-state index contributed by atoms with van der Waals surface area (Å²) in [4.78, 5) is 40.4. The van der Waals surface area contributed by atoms with Crippen molar-refractivity contribution in [3.8, 4) is 0 Å². The van der Waals surface area contributed by atoms with Crippen molar-refractivity contribution < 1.29 is 70.9 Å². The highest BCUT2D eigenvalue weighted by molar-refractivity contribution is 5.84. The SMILES string of the molecule is CCNC(=O)O[C@@H]1C=C[C@]2(O[C@H]([C@@H](CC)C(=O)[C@@H](C)[C@@H](O)[C@H](C)[C@@H]3O[C@@H]([C@@H](CC)C(=O)OCC(F)(F)F)CC[C@@H]3C)[C@@H](C)C[C@H]2C)O[C@@]12CC[C@@](C)([C@H]1CC[C@](O)(CC)[C@H](C)O1)O2. The monoisotopic (exact) mass is 904 g/mol. The van der Waals surface area contributed by atoms with Gasteiger partial charge in [-0.2, -0.15) is 13.2 Å². The molecule has 4 fully saturated rings. The zero-order chi connectivity index (χ0) is 46.9. The highest BCUT2D eigenvalue weighted by atomic mass is 19.4. The van der Waals surface area contributed by atoms with Crippen LogP contribution in [-0.4, -0.2) is 113 Å². The van der Waals surface area contributed by atoms with Crippen LogP contribution in [0.25, 0.3) is 0 Å². The fourth-order valence-electron chi connectivity index (χ4n) is 11.2. The van der Waals surface area contributed by atoms with E-state index in [0.29, 0.717) is 64.3 Å². The number of carbonyl (C=O) groups is 3. The van der Waals surface area contributed by atoms with Gasteiger partial charge in [0.25, 0.3) is 0 Å². The van der Waals surface area contributed by atoms with Gasteiger partial charge in [-0.3, -0.25) is 9.59 Å². The molecule has 0 aromatic rings. The molecule has 1 amide bonds. The average molecular weight is 904 g/mol. The topological polar surface area (TPSA) is 168 Å². The Kier molecular flexibility index (Phi) is 16.6. The van der Waals surface area contributed by atoms with E-state index in [1.807, 2.05) is 48.5 Å². The van der Waals surface area contributed by atoms with Crippen LogP contribution in [0.3, 0.4) is 0 Å². The van der Waals surface area contributed by atoms with Crippen molar-refractivity contribution in [2.45, 2.75) is 212 Å². The molecular formula is C47H76F3NO12. The summed E-state index contributed by atoms with van der Waals surface area (Å²) in [5, 5.41) is 25.8. The lowest BCUT2D eigenvalue weighted by Crippen LogP contribution is -2.63. The van der Waals surface area contributed by atoms with Gasteiger partial charge in [0.1, 0.15) is 5.78 Å². The molecule has 0 aromatic heterocycles. The maximum absolute atomic E-state index is 14.7. The first-order valence-electron chi connectivity index (χ1n) is 23.6. The number of ketones is 1. The number of hydrogen-bond acceptors (Lipinski definition) is 12. The number of rotatable bonds is 15. The minimum atomic E-state index is -4.65. The van der Waals surface area contributed by atoms with E-state index in [1.165, 1.54) is 0 Å². The predicted molar refractivity (Wildman–Crippen MR) is 226 cm³/mol. The molecule has 5 aliphatic rings. The fraction of sp³-hybridized carbons (Fsp3) is 0.894. The molecular weight excluding hydrogens is 828 g/mol. The molecule has 13 nitrogen and oxygen atoms in total. The number of aliphatic hydroxyl groups excluding tert-OH is 1. The van der Waals surface area contributed by atoms with Crippen LogP contribution in [0.5, 0.6) is 0 Å². The Hall–Kier alpha value is -2.34. The van der Waals surface area contributed by atoms with E-state index in [2.05, 4.69) is 10.1 Å². The number of esters is 1. The smallest absolute Gasteiger partial charge is 0.422 e. The first-order chi connectivity index (χ1) is 29.4. The maximum atomic E-state index is 14.7. The minimum Gasteiger partial charge on any atom is -0.456 e. The summed E-state index contributed by atoms with van der Waals surface area (Å²) in [5.41, 5.74) is -1.80. The molecule has 3 N–H and O–H groups in total. The lowest BCUT2D eigenvalue weighted by atomic mass is 9.72. The lowest BCUT2D eigenvalue weighted by Gasteiger charge is -2.54. The van der Waals surface area contributed by atoms with Crippen molar-refractivity contribution in [3.05, 3.63) is 12.2 Å². The van der Waals surface area contributed by atoms with Gasteiger partial charge in [-0.1, -0.05) is 55.4 Å². The standard InChI is InChI=1S/C47H76F3NO12/c1-12-32(41(54)57-25-47(48,49)50)34-17-16-26(5)39(59-34)30(9)37(52)29(8)38(53)33(13-2)40-27(6)24-28(7)45(61-40)21-19-36(60-42(55)51-15-4)46(63-45)23-22-43(11,62-46)35-18-20-44(56,14-3)31(10)58-35/h19,21,26-37,39-40,52,56H,12-18,20,22-25H2,1-11H3,(H,51,55)/t26-,27-,28+,29-,30-,31-,32+,33-,34+,35+,36+,37+,39+,40-,43-,44+,45-,46-/m0/s1. The van der Waals surface area contributed by atoms with E-state index < -0.39 is 108 Å². The number of carbonyl (C=O) groups excluding carboxylic acids is 3. The molecule has 0 radical (unpaired) electrons. The summed E-state index contributed by atoms with van der Waals surface area (Å²) in [7, 11) is 0. The van der Waals surface area contributed by atoms with Gasteiger partial charge >= 0.3 is 18.2 Å². The van der Waals surface area contributed by atoms with Crippen LogP contribution in [0, 0.1) is 41.4 Å². The fourth-order valence-corrected chi connectivity index (χ4v) is 11.2. The Morgan fingerprint density at radius 3 is 2.19 bits per heavy atom. The van der Waals surface area contributed by atoms with Gasteiger partial charge in [-0.25, -0.2) is 4.79 Å². The molecule has 2 spiro atoms. The summed E-state index contributed by atoms with van der Waals surface area (Å²) < 4.78 is 83.2. The third-order valence-electron chi connectivity index (χ3n) is 15.3. The van der Waals surface area contributed by atoms with Gasteiger partial charge in [0.15, 0.2) is 18.5 Å². The number of Topliss-reactive ketones (excluding diaryl/α,β-unsaturated/α-hetero) is 1. The van der Waals surface area contributed by atoms with Crippen LogP contribution < -0.4 is 5.32 Å². The molecule has 0 unspecified atom stereocenters. The molecule has 0 bridgehead atoms. The molecule has 5 heterocycles. The van der Waals surface area contributed by atoms with Crippen molar-refractivity contribution in [1.29, 1.82) is 0 Å². The van der Waals surface area contributed by atoms with Gasteiger partial charge in [0.05, 0.1) is 53.7 Å². The zero-order valence-electron chi connectivity index (χ0n) is 39.3. The van der Waals surface area contributed by atoms with Crippen LogP contribution in [0.4, 0.5) is 18.0 Å². The summed E-state index contributed by atoms with van der Waals surface area (Å²) in [6.07, 6.45) is -1.69. The van der Waals surface area contributed by atoms with Crippen LogP contribution >= 0.6 is 0 Å². The third kappa shape index (κ3) is 10.9. The Morgan fingerprint density at radius 1 is 0.905 bits per heavy atom. The van der Waals surface area contributed by atoms with Crippen molar-refractivity contribution in [3.63, 3.8) is 0 Å². The zero-order valence-corrected chi connectivity index (χ0v) is 39.3. The molecule has 18 atom stereocenters. The molecule has 4 saturated heterocycles. The highest BCUT2D eigenvalue weighted by Crippen LogP contribution is 2.54. The number of nitrogens with one attached hydrogen (secondary N) is 1. The number of hydrogen-bond donors (Lipinski definition) is 3. The molecule has 0 aliphatic carbocycles. The number of halogens is 3. The van der Waals surface area contributed by atoms with Crippen LogP contribution in [-0.2, 0) is 42.7 Å². The van der Waals surface area contributed by atoms with Crippen LogP contribution in [0.2, 0.25) is 0 Å². The van der Waals surface area contributed by atoms with Crippen molar-refractivity contribution >= 4 is 17.8 Å². The normalized spacial score (nSPS) is 40.8. The molecule has 63 heavy (non-hydrogen) atoms. The summed E-state index contributed by atoms with van der Waals surface area (Å²) in [6, 6.07) is 0. The van der Waals surface area contributed by atoms with Crippen LogP contribution in [0.1, 0.15) is 140 Å². The first kappa shape index (κ1) is 51.6. The molecule has 0 saturated carbocycles. The van der Waals surface area contributed by atoms with Crippen molar-refractivity contribution in [2.75, 3.05) is 13.2 Å². The Labute approximate surface area is 372 Å². The Bertz CT molecular complexity index is 1620. The summed E-state index contributed by atoms with van der Waals surface area (Å²) in [5.74, 6) is -7.32. The number of alkyl halides is 3. The molecule has 362 valence electrons. The van der Waals surface area contributed by atoms with Gasteiger partial charge in [-0.05, 0) is 103 Å². The molecule has 16 heteroatoms. The first-order valence-corrected chi connectivity index (χ1v) is 23.6. The Morgan fingerprint density at radius 2 is 1.59 bits per heavy atom. The number of ether oxygens (including phenoxy) is 7. The van der Waals surface area contributed by atoms with E-state index in [1.54, 1.807) is 39.8 Å². The van der Waals surface area contributed by atoms with Crippen molar-refractivity contribution in [1.82, 2.24) is 5.32 Å². The lowest BCUT2D eigenvalue weighted by molar-refractivity contribution is -0.408. The van der Waals surface area contributed by atoms with E-state index in [-0.39, 0.29) is 36.1 Å². The van der Waals surface area contributed by atoms with Crippen LogP contribution in [0.15, 0.2) is 12.2 Å². The summed E-state index contributed by atoms with van der Waals surface area (Å²) >= 11 is 0. The number of amides is 1. The highest BCUT2D eigenvalue weighted by Gasteiger charge is 2.64. The summed E-state index contributed by atoms with van der Waals surface area (Å²) in [6.45, 7) is 19.4. The van der Waals surface area contributed by atoms with E-state index in [9.17, 15) is 37.8 Å². The van der Waals surface area contributed by atoms with Gasteiger partial charge in [-0.15, -0.1) is 0 Å². The minimum absolute atomic E-state index is 0.0577. The van der Waals surface area contributed by atoms with Crippen molar-refractivity contribution in [2.24, 2.45) is 41.4 Å². The van der Waals surface area contributed by atoms with E-state index in [4.69, 9.17) is 28.4 Å². The van der Waals surface area contributed by atoms with E-state index >= 15 is 0 Å². The largest absolute Gasteiger partial charge is 0.456 e. The molecule has 5 aliphatic heterocycles. The number of alkyl carbamates (subject to hydrolysis) is 1. The second-order valence-corrected chi connectivity index (χ2v) is 19.7. The quantitative estimate of drug-likeness (QED) is 0.107. The predicted octanol–water partition coefficient (Wildman–Crippen LogP) is 7.96. The van der Waals surface area contributed by atoms with E-state index in [0.717, 1.165) is 0 Å². The maximum Gasteiger partial charge on any atom is 0.422 e. The average Bonchev–Trinajstić information content (AvgIpc) is 3.57. The molecule has 0 aromatic carbocycles. The Balaban J connectivity index is 1.35. The van der Waals surface area contributed by atoms with Gasteiger partial charge in [0, 0.05) is 36.6 Å². The second kappa shape index (κ2) is 20.3. The number of aliphatic hydroxyl groups is 2. The van der Waals surface area contributed by atoms with Gasteiger partial charge < -0.3 is 48.7 Å². The van der Waals surface area contributed by atoms with Gasteiger partial charge in [0.2, 0.25) is 5.79 Å². The third-order valence-corrected chi connectivity index (χ3v) is 15.3. The molecule has 5 rings (SSSR count).